The van der Waals surface area contributed by atoms with Gasteiger partial charge < -0.3 is 9.73 Å². The maximum absolute atomic E-state index is 13.2. The molecule has 4 rings (SSSR count). The van der Waals surface area contributed by atoms with Gasteiger partial charge in [0.15, 0.2) is 0 Å². The Morgan fingerprint density at radius 3 is 2.59 bits per heavy atom. The average molecular weight is 359 g/mol. The molecule has 2 heterocycles. The third-order valence-electron chi connectivity index (χ3n) is 4.64. The molecule has 136 valence electrons. The largest absolute Gasteiger partial charge is 0.468 e. The van der Waals surface area contributed by atoms with Crippen LogP contribution in [0, 0.1) is 6.92 Å². The van der Waals surface area contributed by atoms with Gasteiger partial charge in [-0.2, -0.15) is 0 Å². The van der Waals surface area contributed by atoms with Gasteiger partial charge >= 0.3 is 0 Å². The maximum Gasteiger partial charge on any atom is 0.266 e. The summed E-state index contributed by atoms with van der Waals surface area (Å²) >= 11 is 0. The van der Waals surface area contributed by atoms with Crippen molar-refractivity contribution < 1.29 is 4.42 Å². The number of benzene rings is 2. The summed E-state index contributed by atoms with van der Waals surface area (Å²) in [7, 11) is 0. The lowest BCUT2D eigenvalue weighted by Crippen LogP contribution is -2.30. The number of nitrogens with one attached hydrogen (secondary N) is 1. The third-order valence-corrected chi connectivity index (χ3v) is 4.64. The van der Waals surface area contributed by atoms with Crippen molar-refractivity contribution in [3.05, 3.63) is 94.4 Å². The molecule has 5 heteroatoms. The molecule has 1 atom stereocenters. The van der Waals surface area contributed by atoms with Gasteiger partial charge in [0, 0.05) is 0 Å². The van der Waals surface area contributed by atoms with Gasteiger partial charge in [-0.25, -0.2) is 4.98 Å². The van der Waals surface area contributed by atoms with E-state index in [0.29, 0.717) is 23.3 Å². The lowest BCUT2D eigenvalue weighted by Gasteiger charge is -2.19. The Kier molecular flexibility index (Phi) is 4.60. The normalized spacial score (nSPS) is 12.4. The molecule has 2 aromatic heterocycles. The first kappa shape index (κ1) is 17.2. The van der Waals surface area contributed by atoms with Crippen molar-refractivity contribution in [2.75, 3.05) is 0 Å². The fourth-order valence-corrected chi connectivity index (χ4v) is 3.14. The summed E-state index contributed by atoms with van der Waals surface area (Å²) in [4.78, 5) is 18.1. The zero-order valence-corrected chi connectivity index (χ0v) is 15.3. The molecule has 0 fully saturated rings. The second-order valence-corrected chi connectivity index (χ2v) is 6.65. The number of nitrogens with zero attached hydrogens (tertiary/aromatic N) is 2. The van der Waals surface area contributed by atoms with E-state index in [1.165, 1.54) is 0 Å². The molecule has 27 heavy (non-hydrogen) atoms. The minimum atomic E-state index is -0.145. The van der Waals surface area contributed by atoms with E-state index >= 15 is 0 Å². The van der Waals surface area contributed by atoms with Gasteiger partial charge in [-0.1, -0.05) is 29.8 Å². The number of para-hydroxylation sites is 1. The van der Waals surface area contributed by atoms with Crippen LogP contribution in [0.25, 0.3) is 16.6 Å². The Labute approximate surface area is 157 Å². The van der Waals surface area contributed by atoms with Gasteiger partial charge in [-0.3, -0.25) is 9.36 Å². The van der Waals surface area contributed by atoms with Gasteiger partial charge in [0.2, 0.25) is 0 Å². The van der Waals surface area contributed by atoms with Crippen LogP contribution in [0.1, 0.15) is 30.1 Å². The summed E-state index contributed by atoms with van der Waals surface area (Å²) in [5.41, 5.74) is 2.59. The highest BCUT2D eigenvalue weighted by molar-refractivity contribution is 5.77. The van der Waals surface area contributed by atoms with E-state index in [2.05, 4.69) is 5.32 Å². The zero-order valence-electron chi connectivity index (χ0n) is 15.3. The molecule has 0 saturated heterocycles. The second-order valence-electron chi connectivity index (χ2n) is 6.65. The van der Waals surface area contributed by atoms with Crippen LogP contribution in [0.3, 0.4) is 0 Å². The molecule has 0 radical (unpaired) electrons. The minimum Gasteiger partial charge on any atom is -0.468 e. The van der Waals surface area contributed by atoms with Crippen LogP contribution < -0.4 is 10.9 Å². The summed E-state index contributed by atoms with van der Waals surface area (Å²) in [6.07, 6.45) is 1.65. The van der Waals surface area contributed by atoms with Gasteiger partial charge in [0.25, 0.3) is 5.56 Å². The zero-order chi connectivity index (χ0) is 18.8. The maximum atomic E-state index is 13.2. The van der Waals surface area contributed by atoms with Crippen molar-refractivity contribution in [1.82, 2.24) is 14.9 Å². The number of hydrogen-bond donors (Lipinski definition) is 1. The van der Waals surface area contributed by atoms with Crippen molar-refractivity contribution in [2.45, 2.75) is 26.4 Å². The molecule has 5 nitrogen and oxygen atoms in total. The quantitative estimate of drug-likeness (QED) is 0.582. The molecular weight excluding hydrogens is 338 g/mol. The van der Waals surface area contributed by atoms with E-state index in [-0.39, 0.29) is 11.6 Å². The molecule has 0 aliphatic heterocycles. The molecule has 1 N–H and O–H groups in total. The fraction of sp³-hybridized carbons (Fsp3) is 0.182. The summed E-state index contributed by atoms with van der Waals surface area (Å²) in [6, 6.07) is 19.0. The molecule has 0 bridgehead atoms. The van der Waals surface area contributed by atoms with Crippen molar-refractivity contribution in [3.63, 3.8) is 0 Å². The average Bonchev–Trinajstić information content (AvgIpc) is 3.21. The first-order valence-corrected chi connectivity index (χ1v) is 8.98. The Hall–Kier alpha value is -3.18. The highest BCUT2D eigenvalue weighted by Gasteiger charge is 2.18. The Morgan fingerprint density at radius 2 is 1.85 bits per heavy atom. The number of hydrogen-bond acceptors (Lipinski definition) is 4. The minimum absolute atomic E-state index is 0.0638. The Bertz CT molecular complexity index is 1110. The standard InChI is InChI=1S/C22H21N3O2/c1-15-9-11-17(12-10-15)25-21(16(2)23-14-18-6-5-13-27-18)24-20-8-4-3-7-19(20)22(25)26/h3-13,16,23H,14H2,1-2H3/t16-/m1/s1. The van der Waals surface area contributed by atoms with Gasteiger partial charge in [0.1, 0.15) is 11.6 Å². The molecule has 0 aliphatic rings. The van der Waals surface area contributed by atoms with Crippen LogP contribution in [0.2, 0.25) is 0 Å². The first-order valence-electron chi connectivity index (χ1n) is 8.98. The van der Waals surface area contributed by atoms with Crippen molar-refractivity contribution in [3.8, 4) is 5.69 Å². The smallest absolute Gasteiger partial charge is 0.266 e. The number of rotatable bonds is 5. The number of fused-ring (bicyclic) bond motifs is 1. The molecule has 4 aromatic rings. The summed E-state index contributed by atoms with van der Waals surface area (Å²) in [5, 5.41) is 4.01. The van der Waals surface area contributed by atoms with Crippen LogP contribution >= 0.6 is 0 Å². The van der Waals surface area contributed by atoms with E-state index in [4.69, 9.17) is 9.40 Å². The molecule has 0 saturated carbocycles. The molecule has 0 spiro atoms. The van der Waals surface area contributed by atoms with E-state index in [1.807, 2.05) is 74.5 Å². The second kappa shape index (κ2) is 7.21. The highest BCUT2D eigenvalue weighted by atomic mass is 16.3. The SMILES string of the molecule is Cc1ccc(-n2c([C@@H](C)NCc3ccco3)nc3ccccc3c2=O)cc1. The molecule has 0 aliphatic carbocycles. The van der Waals surface area contributed by atoms with Crippen molar-refractivity contribution >= 4 is 10.9 Å². The first-order chi connectivity index (χ1) is 13.1. The monoisotopic (exact) mass is 359 g/mol. The molecule has 0 unspecified atom stereocenters. The summed E-state index contributed by atoms with van der Waals surface area (Å²) in [6.45, 7) is 4.59. The molecule has 0 amide bonds. The predicted molar refractivity (Wildman–Crippen MR) is 106 cm³/mol. The van der Waals surface area contributed by atoms with Crippen LogP contribution in [-0.4, -0.2) is 9.55 Å². The van der Waals surface area contributed by atoms with E-state index in [9.17, 15) is 4.79 Å². The van der Waals surface area contributed by atoms with E-state index in [1.54, 1.807) is 10.8 Å². The molecule has 2 aromatic carbocycles. The van der Waals surface area contributed by atoms with Gasteiger partial charge in [-0.15, -0.1) is 0 Å². The Morgan fingerprint density at radius 1 is 1.07 bits per heavy atom. The number of furan rings is 1. The lowest BCUT2D eigenvalue weighted by molar-refractivity contribution is 0.450. The third kappa shape index (κ3) is 3.41. The number of aryl methyl sites for hydroxylation is 1. The highest BCUT2D eigenvalue weighted by Crippen LogP contribution is 2.19. The number of aromatic nitrogens is 2. The van der Waals surface area contributed by atoms with Crippen LogP contribution in [0.4, 0.5) is 0 Å². The van der Waals surface area contributed by atoms with Crippen LogP contribution in [0.5, 0.6) is 0 Å². The van der Waals surface area contributed by atoms with Crippen LogP contribution in [-0.2, 0) is 6.54 Å². The topological polar surface area (TPSA) is 60.1 Å². The van der Waals surface area contributed by atoms with Gasteiger partial charge in [-0.05, 0) is 50.2 Å². The fourth-order valence-electron chi connectivity index (χ4n) is 3.14. The predicted octanol–water partition coefficient (Wildman–Crippen LogP) is 4.14. The summed E-state index contributed by atoms with van der Waals surface area (Å²) in [5.74, 6) is 1.51. The molecular formula is C22H21N3O2. The van der Waals surface area contributed by atoms with E-state index in [0.717, 1.165) is 17.0 Å². The van der Waals surface area contributed by atoms with Crippen molar-refractivity contribution in [1.29, 1.82) is 0 Å². The van der Waals surface area contributed by atoms with Crippen molar-refractivity contribution in [2.24, 2.45) is 0 Å². The van der Waals surface area contributed by atoms with Crippen LogP contribution in [0.15, 0.2) is 76.1 Å². The van der Waals surface area contributed by atoms with E-state index < -0.39 is 0 Å². The lowest BCUT2D eigenvalue weighted by atomic mass is 10.2. The Balaban J connectivity index is 1.83. The summed E-state index contributed by atoms with van der Waals surface area (Å²) < 4.78 is 7.09. The van der Waals surface area contributed by atoms with Gasteiger partial charge in [0.05, 0.1) is 35.4 Å².